The Kier molecular flexibility index (Phi) is 11.8. The first kappa shape index (κ1) is 27.6. The number of hydrogen-bond donors (Lipinski definition) is 5. The van der Waals surface area contributed by atoms with Crippen LogP contribution in [0.4, 0.5) is 0 Å². The van der Waals surface area contributed by atoms with Crippen molar-refractivity contribution in [3.8, 4) is 0 Å². The smallest absolute Gasteiger partial charge is 0.342 e. The van der Waals surface area contributed by atoms with Crippen LogP contribution in [-0.4, -0.2) is 63.1 Å². The molecule has 5 N–H and O–H groups in total. The fraction of sp³-hybridized carbons (Fsp3) is 0.600. The van der Waals surface area contributed by atoms with Gasteiger partial charge in [0.25, 0.3) is 0 Å². The highest BCUT2D eigenvalue weighted by Gasteiger charge is 2.35. The predicted octanol–water partition coefficient (Wildman–Crippen LogP) is 0.737. The Balaban J connectivity index is 3.01. The van der Waals surface area contributed by atoms with Crippen molar-refractivity contribution in [1.29, 1.82) is 0 Å². The zero-order valence-electron chi connectivity index (χ0n) is 18.4. The minimum Gasteiger partial charge on any atom is -0.617 e. The van der Waals surface area contributed by atoms with Crippen molar-refractivity contribution < 1.29 is 28.5 Å². The summed E-state index contributed by atoms with van der Waals surface area (Å²) in [5.41, 5.74) is 0.864. The van der Waals surface area contributed by atoms with E-state index in [0.29, 0.717) is 6.42 Å². The van der Waals surface area contributed by atoms with Crippen molar-refractivity contribution in [2.24, 2.45) is 5.92 Å². The Bertz CT molecular complexity index is 744. The first-order valence-electron chi connectivity index (χ1n) is 10.1. The van der Waals surface area contributed by atoms with Crippen molar-refractivity contribution >= 4 is 30.6 Å². The molecule has 2 unspecified atom stereocenters. The second-order valence-corrected chi connectivity index (χ2v) is 11.2. The third-order valence-corrected chi connectivity index (χ3v) is 6.69. The number of hydrogen-bond acceptors (Lipinski definition) is 5. The molecule has 1 aromatic rings. The molecule has 1 aromatic carbocycles. The van der Waals surface area contributed by atoms with Gasteiger partial charge >= 0.3 is 7.60 Å². The molecule has 0 aliphatic rings. The maximum Gasteiger partial charge on any atom is 0.342 e. The third kappa shape index (κ3) is 10.6. The first-order valence-corrected chi connectivity index (χ1v) is 13.5. The van der Waals surface area contributed by atoms with Gasteiger partial charge in [0.05, 0.1) is 12.3 Å². The van der Waals surface area contributed by atoms with Crippen molar-refractivity contribution in [2.45, 2.75) is 51.0 Å². The molecule has 2 amide bonds. The summed E-state index contributed by atoms with van der Waals surface area (Å²) < 4.78 is 23.3. The van der Waals surface area contributed by atoms with E-state index < -0.39 is 42.5 Å². The minimum absolute atomic E-state index is 0.0435. The van der Waals surface area contributed by atoms with Gasteiger partial charge < -0.3 is 25.0 Å². The number of likely N-dealkylation sites (N-methyl/N-ethyl adjacent to an activating group) is 1. The maximum atomic E-state index is 13.0. The summed E-state index contributed by atoms with van der Waals surface area (Å²) >= 11 is -1.23. The van der Waals surface area contributed by atoms with E-state index in [1.54, 1.807) is 0 Å². The molecule has 0 spiro atoms. The fourth-order valence-electron chi connectivity index (χ4n) is 3.09. The zero-order valence-corrected chi connectivity index (χ0v) is 20.1. The molecule has 31 heavy (non-hydrogen) atoms. The molecular weight excluding hydrogens is 441 g/mol. The highest BCUT2D eigenvalue weighted by atomic mass is 32.2. The predicted molar refractivity (Wildman–Crippen MR) is 122 cm³/mol. The lowest BCUT2D eigenvalue weighted by atomic mass is 10.0. The standard InChI is InChI=1S/C20H34N3O6PS/c1-14(2)12-16(22-18(30(26,27)28)10-11-31(4)29)20(25)23-17(19(24)21-3)13-15-8-6-5-7-9-15/h5-9,14,16-18,22H,10-13H2,1-4H3,(H,21,24)(H,23,25)(H2,26,27,28)/t16-,17?,18-,31?/m0/s1. The summed E-state index contributed by atoms with van der Waals surface area (Å²) in [5.74, 6) is -2.05. The molecule has 0 radical (unpaired) electrons. The van der Waals surface area contributed by atoms with E-state index in [2.05, 4.69) is 16.0 Å². The molecular formula is C20H34N3O6PS. The average Bonchev–Trinajstić information content (AvgIpc) is 2.68. The van der Waals surface area contributed by atoms with Crippen LogP contribution in [0.2, 0.25) is 0 Å². The van der Waals surface area contributed by atoms with Crippen LogP contribution >= 0.6 is 7.60 Å². The molecule has 11 heteroatoms. The normalized spacial score (nSPS) is 15.7. The van der Waals surface area contributed by atoms with Gasteiger partial charge in [0.15, 0.2) is 0 Å². The molecule has 4 atom stereocenters. The monoisotopic (exact) mass is 475 g/mol. The van der Waals surface area contributed by atoms with E-state index in [1.807, 2.05) is 44.2 Å². The number of rotatable bonds is 13. The van der Waals surface area contributed by atoms with Crippen molar-refractivity contribution in [1.82, 2.24) is 16.0 Å². The van der Waals surface area contributed by atoms with Gasteiger partial charge in [-0.05, 0) is 17.9 Å². The van der Waals surface area contributed by atoms with E-state index >= 15 is 0 Å². The van der Waals surface area contributed by atoms with E-state index in [1.165, 1.54) is 13.3 Å². The number of amides is 2. The van der Waals surface area contributed by atoms with Crippen LogP contribution < -0.4 is 16.0 Å². The lowest BCUT2D eigenvalue weighted by Gasteiger charge is -2.28. The van der Waals surface area contributed by atoms with Gasteiger partial charge in [0, 0.05) is 19.9 Å². The highest BCUT2D eigenvalue weighted by molar-refractivity contribution is 7.90. The van der Waals surface area contributed by atoms with E-state index in [-0.39, 0.29) is 30.4 Å². The molecule has 0 aromatic heterocycles. The summed E-state index contributed by atoms with van der Waals surface area (Å²) in [5, 5.41) is 8.02. The Morgan fingerprint density at radius 1 is 1.13 bits per heavy atom. The molecule has 0 saturated carbocycles. The topological polar surface area (TPSA) is 151 Å². The Hall–Kier alpha value is -1.42. The second-order valence-electron chi connectivity index (χ2n) is 7.88. The van der Waals surface area contributed by atoms with Crippen LogP contribution in [0.5, 0.6) is 0 Å². The second kappa shape index (κ2) is 13.2. The van der Waals surface area contributed by atoms with Crippen molar-refractivity contribution in [2.75, 3.05) is 19.1 Å². The average molecular weight is 476 g/mol. The Morgan fingerprint density at radius 2 is 1.74 bits per heavy atom. The molecule has 1 rings (SSSR count). The van der Waals surface area contributed by atoms with Crippen LogP contribution in [0.25, 0.3) is 0 Å². The van der Waals surface area contributed by atoms with Gasteiger partial charge in [0.1, 0.15) is 17.6 Å². The van der Waals surface area contributed by atoms with Crippen LogP contribution in [-0.2, 0) is 31.8 Å². The van der Waals surface area contributed by atoms with E-state index in [4.69, 9.17) is 0 Å². The summed E-state index contributed by atoms with van der Waals surface area (Å²) in [6.07, 6.45) is 1.99. The van der Waals surface area contributed by atoms with Crippen LogP contribution in [0, 0.1) is 5.92 Å². The van der Waals surface area contributed by atoms with Gasteiger partial charge in [-0.1, -0.05) is 55.4 Å². The van der Waals surface area contributed by atoms with Gasteiger partial charge in [-0.3, -0.25) is 19.5 Å². The molecule has 0 heterocycles. The van der Waals surface area contributed by atoms with Gasteiger partial charge in [-0.15, -0.1) is 0 Å². The third-order valence-electron chi connectivity index (χ3n) is 4.66. The summed E-state index contributed by atoms with van der Waals surface area (Å²) in [7, 11) is -3.11. The molecule has 176 valence electrons. The van der Waals surface area contributed by atoms with E-state index in [0.717, 1.165) is 5.56 Å². The van der Waals surface area contributed by atoms with Gasteiger partial charge in [-0.25, -0.2) is 0 Å². The molecule has 0 saturated heterocycles. The molecule has 9 nitrogen and oxygen atoms in total. The lowest BCUT2D eigenvalue weighted by molar-refractivity contribution is -0.130. The maximum absolute atomic E-state index is 13.0. The number of benzene rings is 1. The quantitative estimate of drug-likeness (QED) is 0.208. The summed E-state index contributed by atoms with van der Waals surface area (Å²) in [4.78, 5) is 44.8. The number of carbonyl (C=O) groups excluding carboxylic acids is 2. The summed E-state index contributed by atoms with van der Waals surface area (Å²) in [6, 6.07) is 7.46. The highest BCUT2D eigenvalue weighted by Crippen LogP contribution is 2.42. The SMILES string of the molecule is CNC(=O)C(Cc1ccccc1)NC(=O)[C@H](CC(C)C)N[C@H](CC[S+](C)[O-])P(=O)(O)O. The Labute approximate surface area is 187 Å². The van der Waals surface area contributed by atoms with Gasteiger partial charge in [-0.2, -0.15) is 0 Å². The van der Waals surface area contributed by atoms with Crippen LogP contribution in [0.15, 0.2) is 30.3 Å². The Morgan fingerprint density at radius 3 is 2.23 bits per heavy atom. The van der Waals surface area contributed by atoms with Crippen molar-refractivity contribution in [3.05, 3.63) is 35.9 Å². The molecule has 0 fully saturated rings. The van der Waals surface area contributed by atoms with Crippen molar-refractivity contribution in [3.63, 3.8) is 0 Å². The molecule has 0 aliphatic heterocycles. The largest absolute Gasteiger partial charge is 0.617 e. The fourth-order valence-corrected chi connectivity index (χ4v) is 4.67. The number of carbonyl (C=O) groups is 2. The minimum atomic E-state index is -4.59. The zero-order chi connectivity index (χ0) is 23.6. The molecule has 0 bridgehead atoms. The first-order chi connectivity index (χ1) is 14.4. The van der Waals surface area contributed by atoms with E-state index in [9.17, 15) is 28.5 Å². The van der Waals surface area contributed by atoms with Gasteiger partial charge in [0.2, 0.25) is 11.8 Å². The summed E-state index contributed by atoms with van der Waals surface area (Å²) in [6.45, 7) is 3.77. The van der Waals surface area contributed by atoms with Crippen LogP contribution in [0.1, 0.15) is 32.3 Å². The van der Waals surface area contributed by atoms with Crippen LogP contribution in [0.3, 0.4) is 0 Å². The lowest BCUT2D eigenvalue weighted by Crippen LogP contribution is -2.55. The number of nitrogens with one attached hydrogen (secondary N) is 3. The molecule has 0 aliphatic carbocycles.